The second-order valence-electron chi connectivity index (χ2n) is 4.21. The van der Waals surface area contributed by atoms with Gasteiger partial charge in [-0.15, -0.1) is 0 Å². The first-order valence-corrected chi connectivity index (χ1v) is 6.11. The summed E-state index contributed by atoms with van der Waals surface area (Å²) >= 11 is 6.13. The van der Waals surface area contributed by atoms with Crippen LogP contribution < -0.4 is 0 Å². The van der Waals surface area contributed by atoms with Gasteiger partial charge in [0.05, 0.1) is 19.1 Å². The molecular formula is C13H15ClO3. The van der Waals surface area contributed by atoms with Crippen LogP contribution in [-0.4, -0.2) is 17.7 Å². The van der Waals surface area contributed by atoms with Crippen molar-refractivity contribution in [3.63, 3.8) is 0 Å². The highest BCUT2D eigenvalue weighted by molar-refractivity contribution is 6.31. The number of benzene rings is 1. The number of esters is 1. The monoisotopic (exact) mass is 254 g/mol. The highest BCUT2D eigenvalue weighted by Crippen LogP contribution is 2.50. The van der Waals surface area contributed by atoms with Gasteiger partial charge in [-0.1, -0.05) is 23.7 Å². The van der Waals surface area contributed by atoms with Crippen LogP contribution in [0, 0.1) is 5.92 Å². The van der Waals surface area contributed by atoms with Crippen molar-refractivity contribution in [3.8, 4) is 0 Å². The van der Waals surface area contributed by atoms with Crippen LogP contribution in [0.4, 0.5) is 0 Å². The smallest absolute Gasteiger partial charge is 0.309 e. The normalized spacial score (nSPS) is 22.3. The van der Waals surface area contributed by atoms with Crippen molar-refractivity contribution in [2.75, 3.05) is 6.61 Å². The predicted molar refractivity (Wildman–Crippen MR) is 64.9 cm³/mol. The Morgan fingerprint density at radius 2 is 2.35 bits per heavy atom. The van der Waals surface area contributed by atoms with Crippen molar-refractivity contribution in [2.24, 2.45) is 5.92 Å². The largest absolute Gasteiger partial charge is 0.466 e. The number of rotatable bonds is 4. The molecule has 1 N–H and O–H groups in total. The van der Waals surface area contributed by atoms with E-state index in [1.54, 1.807) is 13.0 Å². The molecule has 17 heavy (non-hydrogen) atoms. The summed E-state index contributed by atoms with van der Waals surface area (Å²) in [6.07, 6.45) is 0.803. The Bertz CT molecular complexity index is 431. The van der Waals surface area contributed by atoms with E-state index >= 15 is 0 Å². The highest BCUT2D eigenvalue weighted by Gasteiger charge is 2.45. The van der Waals surface area contributed by atoms with Crippen LogP contribution >= 0.6 is 11.6 Å². The molecule has 2 rings (SSSR count). The molecule has 0 spiro atoms. The fourth-order valence-corrected chi connectivity index (χ4v) is 2.36. The Balaban J connectivity index is 2.08. The molecule has 0 radical (unpaired) electrons. The van der Waals surface area contributed by atoms with Gasteiger partial charge in [0, 0.05) is 5.02 Å². The Morgan fingerprint density at radius 1 is 1.59 bits per heavy atom. The maximum Gasteiger partial charge on any atom is 0.309 e. The quantitative estimate of drug-likeness (QED) is 0.840. The van der Waals surface area contributed by atoms with Gasteiger partial charge in [0.25, 0.3) is 0 Å². The molecule has 0 saturated heterocycles. The lowest BCUT2D eigenvalue weighted by molar-refractivity contribution is -0.144. The number of carbonyl (C=O) groups excluding carboxylic acids is 1. The third-order valence-corrected chi connectivity index (χ3v) is 3.35. The lowest BCUT2D eigenvalue weighted by Crippen LogP contribution is -2.07. The van der Waals surface area contributed by atoms with Gasteiger partial charge in [-0.3, -0.25) is 4.79 Å². The number of hydrogen-bond acceptors (Lipinski definition) is 3. The zero-order valence-corrected chi connectivity index (χ0v) is 10.4. The molecule has 0 aromatic heterocycles. The van der Waals surface area contributed by atoms with Crippen molar-refractivity contribution in [2.45, 2.75) is 25.9 Å². The number of carbonyl (C=O) groups is 1. The van der Waals surface area contributed by atoms with Crippen LogP contribution in [0.15, 0.2) is 18.2 Å². The zero-order valence-electron chi connectivity index (χ0n) is 9.65. The fraction of sp³-hybridized carbons (Fsp3) is 0.462. The highest BCUT2D eigenvalue weighted by atomic mass is 35.5. The molecule has 0 aliphatic heterocycles. The second-order valence-corrected chi connectivity index (χ2v) is 4.62. The lowest BCUT2D eigenvalue weighted by Gasteiger charge is -2.05. The van der Waals surface area contributed by atoms with Gasteiger partial charge in [0.15, 0.2) is 0 Å². The zero-order chi connectivity index (χ0) is 12.4. The molecule has 1 saturated carbocycles. The van der Waals surface area contributed by atoms with Gasteiger partial charge >= 0.3 is 5.97 Å². The SMILES string of the molecule is CCOC(=O)C1CC1c1ccc(CO)cc1Cl. The fourth-order valence-electron chi connectivity index (χ4n) is 2.02. The van der Waals surface area contributed by atoms with Crippen LogP contribution in [0.5, 0.6) is 0 Å². The molecule has 92 valence electrons. The summed E-state index contributed by atoms with van der Waals surface area (Å²) in [4.78, 5) is 11.5. The number of ether oxygens (including phenoxy) is 1. The number of aliphatic hydroxyl groups is 1. The molecule has 0 bridgehead atoms. The van der Waals surface area contributed by atoms with E-state index in [4.69, 9.17) is 21.4 Å². The topological polar surface area (TPSA) is 46.5 Å². The third-order valence-electron chi connectivity index (χ3n) is 3.03. The van der Waals surface area contributed by atoms with Gasteiger partial charge in [-0.2, -0.15) is 0 Å². The Kier molecular flexibility index (Phi) is 3.69. The number of hydrogen-bond donors (Lipinski definition) is 1. The maximum absolute atomic E-state index is 11.5. The first kappa shape index (κ1) is 12.4. The molecule has 0 heterocycles. The summed E-state index contributed by atoms with van der Waals surface area (Å²) in [5, 5.41) is 9.60. The van der Waals surface area contributed by atoms with E-state index in [0.29, 0.717) is 11.6 Å². The summed E-state index contributed by atoms with van der Waals surface area (Å²) in [6.45, 7) is 2.20. The Hall–Kier alpha value is -1.06. The Labute approximate surface area is 105 Å². The second kappa shape index (κ2) is 5.07. The van der Waals surface area contributed by atoms with E-state index < -0.39 is 0 Å². The summed E-state index contributed by atoms with van der Waals surface area (Å²) in [7, 11) is 0. The maximum atomic E-state index is 11.5. The summed E-state index contributed by atoms with van der Waals surface area (Å²) < 4.78 is 4.98. The molecule has 1 fully saturated rings. The molecule has 0 amide bonds. The van der Waals surface area contributed by atoms with Crippen molar-refractivity contribution < 1.29 is 14.6 Å². The summed E-state index contributed by atoms with van der Waals surface area (Å²) in [5.41, 5.74) is 1.76. The average molecular weight is 255 g/mol. The molecule has 1 aromatic rings. The van der Waals surface area contributed by atoms with E-state index in [2.05, 4.69) is 0 Å². The van der Waals surface area contributed by atoms with Crippen molar-refractivity contribution >= 4 is 17.6 Å². The van der Waals surface area contributed by atoms with Crippen LogP contribution in [0.2, 0.25) is 5.02 Å². The van der Waals surface area contributed by atoms with Gasteiger partial charge < -0.3 is 9.84 Å². The summed E-state index contributed by atoms with van der Waals surface area (Å²) in [6, 6.07) is 5.47. The van der Waals surface area contributed by atoms with Crippen LogP contribution in [0.3, 0.4) is 0 Å². The molecule has 3 nitrogen and oxygen atoms in total. The predicted octanol–water partition coefficient (Wildman–Crippen LogP) is 2.50. The molecule has 1 aliphatic rings. The van der Waals surface area contributed by atoms with Crippen molar-refractivity contribution in [1.29, 1.82) is 0 Å². The van der Waals surface area contributed by atoms with Gasteiger partial charge in [0.1, 0.15) is 0 Å². The Morgan fingerprint density at radius 3 is 2.94 bits per heavy atom. The minimum Gasteiger partial charge on any atom is -0.466 e. The molecule has 2 unspecified atom stereocenters. The standard InChI is InChI=1S/C13H15ClO3/c1-2-17-13(16)11-6-10(11)9-4-3-8(7-15)5-12(9)14/h3-5,10-11,15H,2,6-7H2,1H3. The summed E-state index contributed by atoms with van der Waals surface area (Å²) in [5.74, 6) is -0.0125. The van der Waals surface area contributed by atoms with E-state index in [0.717, 1.165) is 17.5 Å². The lowest BCUT2D eigenvalue weighted by atomic mass is 10.1. The third kappa shape index (κ3) is 2.61. The van der Waals surface area contributed by atoms with E-state index in [-0.39, 0.29) is 24.4 Å². The van der Waals surface area contributed by atoms with E-state index in [1.165, 1.54) is 0 Å². The molecular weight excluding hydrogens is 240 g/mol. The van der Waals surface area contributed by atoms with Gasteiger partial charge in [-0.05, 0) is 36.5 Å². The van der Waals surface area contributed by atoms with Crippen molar-refractivity contribution in [1.82, 2.24) is 0 Å². The average Bonchev–Trinajstić information content (AvgIpc) is 3.09. The van der Waals surface area contributed by atoms with E-state index in [9.17, 15) is 4.79 Å². The molecule has 2 atom stereocenters. The molecule has 1 aromatic carbocycles. The van der Waals surface area contributed by atoms with Gasteiger partial charge in [0.2, 0.25) is 0 Å². The minimum atomic E-state index is -0.139. The van der Waals surface area contributed by atoms with Gasteiger partial charge in [-0.25, -0.2) is 0 Å². The van der Waals surface area contributed by atoms with Crippen LogP contribution in [-0.2, 0) is 16.1 Å². The number of halogens is 1. The molecule has 4 heteroatoms. The van der Waals surface area contributed by atoms with E-state index in [1.807, 2.05) is 12.1 Å². The minimum absolute atomic E-state index is 0.0219. The van der Waals surface area contributed by atoms with Crippen molar-refractivity contribution in [3.05, 3.63) is 34.3 Å². The first-order valence-electron chi connectivity index (χ1n) is 5.73. The molecule has 1 aliphatic carbocycles. The first-order chi connectivity index (χ1) is 8.17. The van der Waals surface area contributed by atoms with Crippen LogP contribution in [0.25, 0.3) is 0 Å². The van der Waals surface area contributed by atoms with Crippen LogP contribution in [0.1, 0.15) is 30.4 Å². The number of aliphatic hydroxyl groups excluding tert-OH is 1.